The van der Waals surface area contributed by atoms with Gasteiger partial charge in [0, 0.05) is 10.9 Å². The Kier molecular flexibility index (Phi) is 7.74. The Hall–Kier alpha value is -0.180. The Labute approximate surface area is 114 Å². The van der Waals surface area contributed by atoms with Gasteiger partial charge in [0.2, 0.25) is 0 Å². The summed E-state index contributed by atoms with van der Waals surface area (Å²) in [5, 5.41) is 4.38. The van der Waals surface area contributed by atoms with E-state index in [9.17, 15) is 0 Å². The second-order valence-electron chi connectivity index (χ2n) is 4.28. The maximum Gasteiger partial charge on any atom is 0.0541 e. The minimum absolute atomic E-state index is 0.627. The van der Waals surface area contributed by atoms with Crippen LogP contribution in [0.2, 0.25) is 5.02 Å². The highest BCUT2D eigenvalue weighted by Gasteiger charge is 2.02. The van der Waals surface area contributed by atoms with Gasteiger partial charge in [-0.3, -0.25) is 0 Å². The lowest BCUT2D eigenvalue weighted by Crippen LogP contribution is -2.26. The van der Waals surface area contributed by atoms with Gasteiger partial charge in [0.25, 0.3) is 0 Å². The molecule has 1 rings (SSSR count). The molecule has 0 fully saturated rings. The van der Waals surface area contributed by atoms with Crippen LogP contribution < -0.4 is 5.32 Å². The number of halogens is 1. The normalized spacial score (nSPS) is 12.6. The SMILES string of the molecule is CCCNC(C)CCCSc1ccccc1Cl. The van der Waals surface area contributed by atoms with Crippen LogP contribution in [0.5, 0.6) is 0 Å². The summed E-state index contributed by atoms with van der Waals surface area (Å²) in [5.41, 5.74) is 0. The largest absolute Gasteiger partial charge is 0.314 e. The molecule has 0 radical (unpaired) electrons. The molecule has 1 atom stereocenters. The zero-order chi connectivity index (χ0) is 12.5. The highest BCUT2D eigenvalue weighted by atomic mass is 35.5. The minimum atomic E-state index is 0.627. The van der Waals surface area contributed by atoms with Gasteiger partial charge in [-0.1, -0.05) is 30.7 Å². The maximum absolute atomic E-state index is 6.10. The molecule has 0 aliphatic heterocycles. The lowest BCUT2D eigenvalue weighted by molar-refractivity contribution is 0.510. The summed E-state index contributed by atoms with van der Waals surface area (Å²) >= 11 is 7.95. The Bertz CT molecular complexity index is 317. The molecular weight excluding hydrogens is 250 g/mol. The van der Waals surface area contributed by atoms with E-state index in [1.54, 1.807) is 0 Å². The van der Waals surface area contributed by atoms with Crippen molar-refractivity contribution in [1.29, 1.82) is 0 Å². The van der Waals surface area contributed by atoms with Gasteiger partial charge in [0.15, 0.2) is 0 Å². The molecule has 96 valence electrons. The molecule has 0 aromatic heterocycles. The van der Waals surface area contributed by atoms with Crippen molar-refractivity contribution in [2.75, 3.05) is 12.3 Å². The van der Waals surface area contributed by atoms with Crippen molar-refractivity contribution in [3.63, 3.8) is 0 Å². The average molecular weight is 272 g/mol. The van der Waals surface area contributed by atoms with Crippen LogP contribution in [0.3, 0.4) is 0 Å². The molecule has 1 nitrogen and oxygen atoms in total. The van der Waals surface area contributed by atoms with Gasteiger partial charge in [0.1, 0.15) is 0 Å². The molecule has 0 bridgehead atoms. The van der Waals surface area contributed by atoms with Crippen molar-refractivity contribution < 1.29 is 0 Å². The molecule has 17 heavy (non-hydrogen) atoms. The standard InChI is InChI=1S/C14H22ClNS/c1-3-10-16-12(2)7-6-11-17-14-9-5-4-8-13(14)15/h4-5,8-9,12,16H,3,6-7,10-11H2,1-2H3. The topological polar surface area (TPSA) is 12.0 Å². The van der Waals surface area contributed by atoms with Gasteiger partial charge in [-0.2, -0.15) is 0 Å². The van der Waals surface area contributed by atoms with Crippen LogP contribution in [-0.4, -0.2) is 18.3 Å². The predicted molar refractivity (Wildman–Crippen MR) is 79.2 cm³/mol. The first-order chi connectivity index (χ1) is 8.24. The van der Waals surface area contributed by atoms with Gasteiger partial charge < -0.3 is 5.32 Å². The Morgan fingerprint density at radius 1 is 1.35 bits per heavy atom. The molecule has 0 aliphatic carbocycles. The summed E-state index contributed by atoms with van der Waals surface area (Å²) in [6.45, 7) is 5.58. The van der Waals surface area contributed by atoms with Crippen LogP contribution in [0.15, 0.2) is 29.2 Å². The second kappa shape index (κ2) is 8.84. The van der Waals surface area contributed by atoms with Gasteiger partial charge in [-0.05, 0) is 50.6 Å². The van der Waals surface area contributed by atoms with E-state index in [1.807, 2.05) is 30.0 Å². The summed E-state index contributed by atoms with van der Waals surface area (Å²) < 4.78 is 0. The smallest absolute Gasteiger partial charge is 0.0541 e. The van der Waals surface area contributed by atoms with Crippen LogP contribution in [0.1, 0.15) is 33.1 Å². The van der Waals surface area contributed by atoms with E-state index < -0.39 is 0 Å². The number of thioether (sulfide) groups is 1. The average Bonchev–Trinajstić information content (AvgIpc) is 2.34. The zero-order valence-electron chi connectivity index (χ0n) is 10.7. The van der Waals surface area contributed by atoms with Crippen molar-refractivity contribution in [2.45, 2.75) is 44.0 Å². The Morgan fingerprint density at radius 2 is 2.12 bits per heavy atom. The number of hydrogen-bond donors (Lipinski definition) is 1. The monoisotopic (exact) mass is 271 g/mol. The van der Waals surface area contributed by atoms with Crippen LogP contribution in [0.25, 0.3) is 0 Å². The first-order valence-electron chi connectivity index (χ1n) is 6.34. The highest BCUT2D eigenvalue weighted by Crippen LogP contribution is 2.27. The van der Waals surface area contributed by atoms with Crippen LogP contribution in [0.4, 0.5) is 0 Å². The van der Waals surface area contributed by atoms with Crippen LogP contribution in [-0.2, 0) is 0 Å². The quantitative estimate of drug-likeness (QED) is 0.548. The summed E-state index contributed by atoms with van der Waals surface area (Å²) in [6, 6.07) is 8.69. The third kappa shape index (κ3) is 6.35. The van der Waals surface area contributed by atoms with E-state index in [0.29, 0.717) is 6.04 Å². The molecule has 0 heterocycles. The number of hydrogen-bond acceptors (Lipinski definition) is 2. The first-order valence-corrected chi connectivity index (χ1v) is 7.71. The van der Waals surface area contributed by atoms with Crippen LogP contribution >= 0.6 is 23.4 Å². The summed E-state index contributed by atoms with van der Waals surface area (Å²) in [6.07, 6.45) is 3.67. The van der Waals surface area contributed by atoms with Crippen molar-refractivity contribution in [2.24, 2.45) is 0 Å². The lowest BCUT2D eigenvalue weighted by atomic mass is 10.2. The molecule has 1 N–H and O–H groups in total. The van der Waals surface area contributed by atoms with E-state index in [-0.39, 0.29) is 0 Å². The fourth-order valence-electron chi connectivity index (χ4n) is 1.63. The fourth-order valence-corrected chi connectivity index (χ4v) is 2.84. The summed E-state index contributed by atoms with van der Waals surface area (Å²) in [4.78, 5) is 1.20. The third-order valence-corrected chi connectivity index (χ3v) is 4.22. The van der Waals surface area contributed by atoms with E-state index in [4.69, 9.17) is 11.6 Å². The molecule has 0 saturated heterocycles. The van der Waals surface area contributed by atoms with E-state index >= 15 is 0 Å². The molecule has 1 aromatic carbocycles. The molecule has 1 aromatic rings. The van der Waals surface area contributed by atoms with Crippen molar-refractivity contribution in [1.82, 2.24) is 5.32 Å². The third-order valence-electron chi connectivity index (χ3n) is 2.62. The minimum Gasteiger partial charge on any atom is -0.314 e. The molecule has 0 aliphatic rings. The van der Waals surface area contributed by atoms with Crippen molar-refractivity contribution >= 4 is 23.4 Å². The maximum atomic E-state index is 6.10. The Morgan fingerprint density at radius 3 is 2.82 bits per heavy atom. The van der Waals surface area contributed by atoms with E-state index in [0.717, 1.165) is 17.3 Å². The molecule has 1 unspecified atom stereocenters. The van der Waals surface area contributed by atoms with Crippen LogP contribution in [0, 0.1) is 0 Å². The van der Waals surface area contributed by atoms with Gasteiger partial charge in [0.05, 0.1) is 5.02 Å². The number of rotatable bonds is 8. The molecule has 0 spiro atoms. The molecule has 3 heteroatoms. The number of nitrogens with one attached hydrogen (secondary N) is 1. The zero-order valence-corrected chi connectivity index (χ0v) is 12.3. The van der Waals surface area contributed by atoms with Gasteiger partial charge >= 0.3 is 0 Å². The van der Waals surface area contributed by atoms with Gasteiger partial charge in [-0.25, -0.2) is 0 Å². The molecule has 0 amide bonds. The van der Waals surface area contributed by atoms with Crippen molar-refractivity contribution in [3.05, 3.63) is 29.3 Å². The van der Waals surface area contributed by atoms with E-state index in [2.05, 4.69) is 25.2 Å². The fraction of sp³-hybridized carbons (Fsp3) is 0.571. The second-order valence-corrected chi connectivity index (χ2v) is 5.82. The first kappa shape index (κ1) is 14.9. The Balaban J connectivity index is 2.14. The summed E-state index contributed by atoms with van der Waals surface area (Å²) in [7, 11) is 0. The van der Waals surface area contributed by atoms with Crippen molar-refractivity contribution in [3.8, 4) is 0 Å². The molecule has 0 saturated carbocycles. The van der Waals surface area contributed by atoms with Gasteiger partial charge in [-0.15, -0.1) is 11.8 Å². The molecular formula is C14H22ClNS. The predicted octanol–water partition coefficient (Wildman–Crippen LogP) is 4.60. The van der Waals surface area contributed by atoms with E-state index in [1.165, 1.54) is 24.2 Å². The number of benzene rings is 1. The highest BCUT2D eigenvalue weighted by molar-refractivity contribution is 7.99. The lowest BCUT2D eigenvalue weighted by Gasteiger charge is -2.12. The summed E-state index contributed by atoms with van der Waals surface area (Å²) in [5.74, 6) is 1.14.